The molecule has 0 radical (unpaired) electrons. The van der Waals surface area contributed by atoms with Crippen molar-refractivity contribution < 1.29 is 4.52 Å². The maximum Gasteiger partial charge on any atom is 0.257 e. The lowest BCUT2D eigenvalue weighted by molar-refractivity contribution is 0.439. The fourth-order valence-electron chi connectivity index (χ4n) is 0.978. The monoisotopic (exact) mass is 149 g/mol. The molecule has 0 saturated carbocycles. The van der Waals surface area contributed by atoms with Crippen molar-refractivity contribution in [1.29, 1.82) is 0 Å². The molecule has 4 heteroatoms. The van der Waals surface area contributed by atoms with E-state index in [1.807, 2.05) is 12.1 Å². The summed E-state index contributed by atoms with van der Waals surface area (Å²) >= 11 is 0. The summed E-state index contributed by atoms with van der Waals surface area (Å²) in [6.45, 7) is 0.388. The van der Waals surface area contributed by atoms with Gasteiger partial charge in [0, 0.05) is 12.7 Å². The van der Waals surface area contributed by atoms with Gasteiger partial charge in [-0.05, 0) is 12.1 Å². The standard InChI is InChI=1S/C7H7N3O/c8-4-6-5-2-1-3-9-7(5)11-10-6/h1-3H,4,8H2. The average molecular weight is 149 g/mol. The fourth-order valence-corrected chi connectivity index (χ4v) is 0.978. The third-order valence-electron chi connectivity index (χ3n) is 1.52. The Hall–Kier alpha value is -1.42. The minimum atomic E-state index is 0.388. The molecule has 2 rings (SSSR count). The van der Waals surface area contributed by atoms with E-state index in [0.29, 0.717) is 12.3 Å². The average Bonchev–Trinajstić information content (AvgIpc) is 2.47. The quantitative estimate of drug-likeness (QED) is 0.647. The normalized spacial score (nSPS) is 10.6. The van der Waals surface area contributed by atoms with Crippen molar-refractivity contribution in [3.63, 3.8) is 0 Å². The number of hydrogen-bond donors (Lipinski definition) is 1. The van der Waals surface area contributed by atoms with E-state index in [4.69, 9.17) is 10.3 Å². The molecule has 0 saturated heterocycles. The van der Waals surface area contributed by atoms with Crippen LogP contribution in [0.1, 0.15) is 5.69 Å². The van der Waals surface area contributed by atoms with E-state index in [-0.39, 0.29) is 0 Å². The highest BCUT2D eigenvalue weighted by Crippen LogP contribution is 2.13. The van der Waals surface area contributed by atoms with Crippen LogP contribution in [0.3, 0.4) is 0 Å². The number of hydrogen-bond acceptors (Lipinski definition) is 4. The van der Waals surface area contributed by atoms with Crippen LogP contribution in [0.4, 0.5) is 0 Å². The third-order valence-corrected chi connectivity index (χ3v) is 1.52. The Morgan fingerprint density at radius 3 is 3.27 bits per heavy atom. The summed E-state index contributed by atoms with van der Waals surface area (Å²) in [4.78, 5) is 3.97. The van der Waals surface area contributed by atoms with Crippen LogP contribution in [0.5, 0.6) is 0 Å². The molecule has 0 aromatic carbocycles. The molecule has 0 aliphatic heterocycles. The topological polar surface area (TPSA) is 64.9 Å². The minimum absolute atomic E-state index is 0.388. The second kappa shape index (κ2) is 2.32. The van der Waals surface area contributed by atoms with Crippen LogP contribution >= 0.6 is 0 Å². The van der Waals surface area contributed by atoms with Gasteiger partial charge >= 0.3 is 0 Å². The zero-order chi connectivity index (χ0) is 7.68. The van der Waals surface area contributed by atoms with Crippen molar-refractivity contribution >= 4 is 11.1 Å². The molecule has 0 aliphatic carbocycles. The van der Waals surface area contributed by atoms with Gasteiger partial charge < -0.3 is 10.3 Å². The largest absolute Gasteiger partial charge is 0.335 e. The van der Waals surface area contributed by atoms with Crippen molar-refractivity contribution in [2.24, 2.45) is 5.73 Å². The molecule has 4 nitrogen and oxygen atoms in total. The Labute approximate surface area is 63.0 Å². The Morgan fingerprint density at radius 2 is 2.45 bits per heavy atom. The van der Waals surface area contributed by atoms with E-state index in [0.717, 1.165) is 11.1 Å². The number of aromatic nitrogens is 2. The summed E-state index contributed by atoms with van der Waals surface area (Å²) in [5.41, 5.74) is 6.72. The van der Waals surface area contributed by atoms with Gasteiger partial charge in [-0.25, -0.2) is 4.98 Å². The van der Waals surface area contributed by atoms with Crippen molar-refractivity contribution in [2.75, 3.05) is 0 Å². The first-order valence-corrected chi connectivity index (χ1v) is 3.31. The van der Waals surface area contributed by atoms with Gasteiger partial charge in [0.05, 0.1) is 5.39 Å². The second-order valence-corrected chi connectivity index (χ2v) is 2.19. The Morgan fingerprint density at radius 1 is 1.55 bits per heavy atom. The number of fused-ring (bicyclic) bond motifs is 1. The highest BCUT2D eigenvalue weighted by atomic mass is 16.5. The van der Waals surface area contributed by atoms with Crippen LogP contribution in [0.25, 0.3) is 11.1 Å². The Bertz CT molecular complexity index is 368. The molecule has 0 amide bonds. The SMILES string of the molecule is NCc1noc2ncccc12. The number of nitrogens with two attached hydrogens (primary N) is 1. The van der Waals surface area contributed by atoms with Crippen LogP contribution < -0.4 is 5.73 Å². The number of rotatable bonds is 1. The number of pyridine rings is 1. The van der Waals surface area contributed by atoms with Gasteiger partial charge in [-0.2, -0.15) is 0 Å². The van der Waals surface area contributed by atoms with Crippen LogP contribution in [-0.4, -0.2) is 10.1 Å². The van der Waals surface area contributed by atoms with E-state index in [1.54, 1.807) is 6.20 Å². The maximum atomic E-state index is 5.41. The first kappa shape index (κ1) is 6.30. The van der Waals surface area contributed by atoms with Gasteiger partial charge in [0.2, 0.25) is 0 Å². The number of nitrogens with zero attached hydrogens (tertiary/aromatic N) is 2. The van der Waals surface area contributed by atoms with Crippen LogP contribution in [0, 0.1) is 0 Å². The molecular weight excluding hydrogens is 142 g/mol. The molecule has 56 valence electrons. The second-order valence-electron chi connectivity index (χ2n) is 2.19. The molecule has 2 aromatic rings. The van der Waals surface area contributed by atoms with Crippen molar-refractivity contribution in [3.8, 4) is 0 Å². The molecule has 2 heterocycles. The van der Waals surface area contributed by atoms with E-state index in [2.05, 4.69) is 10.1 Å². The summed E-state index contributed by atoms with van der Waals surface area (Å²) in [6.07, 6.45) is 1.66. The summed E-state index contributed by atoms with van der Waals surface area (Å²) < 4.78 is 4.90. The Balaban J connectivity index is 2.76. The molecule has 0 aliphatic rings. The lowest BCUT2D eigenvalue weighted by atomic mass is 10.3. The van der Waals surface area contributed by atoms with Gasteiger partial charge in [-0.1, -0.05) is 5.16 Å². The zero-order valence-corrected chi connectivity index (χ0v) is 5.82. The van der Waals surface area contributed by atoms with E-state index in [1.165, 1.54) is 0 Å². The van der Waals surface area contributed by atoms with Crippen molar-refractivity contribution in [2.45, 2.75) is 6.54 Å². The molecule has 0 spiro atoms. The van der Waals surface area contributed by atoms with Gasteiger partial charge in [-0.3, -0.25) is 0 Å². The van der Waals surface area contributed by atoms with Crippen LogP contribution in [0.15, 0.2) is 22.9 Å². The van der Waals surface area contributed by atoms with Crippen molar-refractivity contribution in [3.05, 3.63) is 24.0 Å². The minimum Gasteiger partial charge on any atom is -0.335 e. The van der Waals surface area contributed by atoms with Gasteiger partial charge in [-0.15, -0.1) is 0 Å². The summed E-state index contributed by atoms with van der Waals surface area (Å²) in [5.74, 6) is 0. The molecule has 11 heavy (non-hydrogen) atoms. The highest BCUT2D eigenvalue weighted by Gasteiger charge is 2.04. The van der Waals surface area contributed by atoms with Gasteiger partial charge in [0.25, 0.3) is 5.71 Å². The molecule has 0 fully saturated rings. The van der Waals surface area contributed by atoms with E-state index < -0.39 is 0 Å². The smallest absolute Gasteiger partial charge is 0.257 e. The zero-order valence-electron chi connectivity index (χ0n) is 5.82. The highest BCUT2D eigenvalue weighted by molar-refractivity contribution is 5.75. The lowest BCUT2D eigenvalue weighted by Crippen LogP contribution is -1.96. The Kier molecular flexibility index (Phi) is 1.33. The predicted molar refractivity (Wildman–Crippen MR) is 39.7 cm³/mol. The fraction of sp³-hybridized carbons (Fsp3) is 0.143. The van der Waals surface area contributed by atoms with E-state index in [9.17, 15) is 0 Å². The molecule has 0 unspecified atom stereocenters. The first-order chi connectivity index (χ1) is 5.42. The van der Waals surface area contributed by atoms with E-state index >= 15 is 0 Å². The van der Waals surface area contributed by atoms with Crippen LogP contribution in [0.2, 0.25) is 0 Å². The predicted octanol–water partition coefficient (Wildman–Crippen LogP) is 0.682. The van der Waals surface area contributed by atoms with Gasteiger partial charge in [0.15, 0.2) is 0 Å². The summed E-state index contributed by atoms with van der Waals surface area (Å²) in [7, 11) is 0. The van der Waals surface area contributed by atoms with Gasteiger partial charge in [0.1, 0.15) is 5.69 Å². The molecular formula is C7H7N3O. The third kappa shape index (κ3) is 0.877. The first-order valence-electron chi connectivity index (χ1n) is 3.31. The maximum absolute atomic E-state index is 5.41. The molecule has 0 atom stereocenters. The molecule has 0 bridgehead atoms. The summed E-state index contributed by atoms with van der Waals surface area (Å²) in [5, 5.41) is 4.65. The molecule has 2 aromatic heterocycles. The van der Waals surface area contributed by atoms with Crippen molar-refractivity contribution in [1.82, 2.24) is 10.1 Å². The molecule has 2 N–H and O–H groups in total. The lowest BCUT2D eigenvalue weighted by Gasteiger charge is -1.85. The van der Waals surface area contributed by atoms with Crippen LogP contribution in [-0.2, 0) is 6.54 Å². The summed E-state index contributed by atoms with van der Waals surface area (Å²) in [6, 6.07) is 3.72.